The summed E-state index contributed by atoms with van der Waals surface area (Å²) in [4.78, 5) is 23.3. The molecule has 64 heavy (non-hydrogen) atoms. The van der Waals surface area contributed by atoms with Gasteiger partial charge in [0.05, 0.1) is 39.9 Å². The van der Waals surface area contributed by atoms with Crippen LogP contribution < -0.4 is 5.32 Å². The lowest BCUT2D eigenvalue weighted by molar-refractivity contribution is -0.870. The number of hydrogen-bond acceptors (Lipinski definition) is 5. The van der Waals surface area contributed by atoms with E-state index in [9.17, 15) is 19.4 Å². The molecule has 0 aromatic carbocycles. The van der Waals surface area contributed by atoms with E-state index in [1.54, 1.807) is 0 Å². The summed E-state index contributed by atoms with van der Waals surface area (Å²) >= 11 is 0. The third-order valence-corrected chi connectivity index (χ3v) is 14.3. The van der Waals surface area contributed by atoms with Gasteiger partial charge < -0.3 is 19.8 Å². The zero-order chi connectivity index (χ0) is 47.1. The highest BCUT2D eigenvalue weighted by atomic mass is 31.2. The van der Waals surface area contributed by atoms with Gasteiger partial charge in [0, 0.05) is 6.42 Å². The standard InChI is InChI=1S/C55H113N2O6P/c1-6-8-10-12-14-16-18-20-22-24-25-26-27-28-29-30-31-33-34-36-38-40-42-44-46-48-54(58)53(52-63-64(60,61)62-51-50-57(3,4)5)56-55(59)49-47-45-43-41-39-37-35-32-23-21-19-17-15-13-11-9-7-2/h53-54,58H,6-52H2,1-5H3,(H-,56,59,60,61)/p+1. The van der Waals surface area contributed by atoms with Gasteiger partial charge in [0.2, 0.25) is 5.91 Å². The normalized spacial score (nSPS) is 13.9. The quantitative estimate of drug-likeness (QED) is 0.0319. The van der Waals surface area contributed by atoms with Crippen molar-refractivity contribution in [3.8, 4) is 0 Å². The van der Waals surface area contributed by atoms with Crippen LogP contribution in [0.25, 0.3) is 0 Å². The lowest BCUT2D eigenvalue weighted by Crippen LogP contribution is -2.46. The summed E-state index contributed by atoms with van der Waals surface area (Å²) < 4.78 is 23.8. The average molecular weight is 930 g/mol. The summed E-state index contributed by atoms with van der Waals surface area (Å²) in [6, 6.07) is -0.755. The number of likely N-dealkylation sites (N-methyl/N-ethyl adjacent to an activating group) is 1. The highest BCUT2D eigenvalue weighted by Gasteiger charge is 2.28. The van der Waals surface area contributed by atoms with E-state index in [0.717, 1.165) is 38.5 Å². The van der Waals surface area contributed by atoms with Crippen LogP contribution in [0.2, 0.25) is 0 Å². The zero-order valence-electron chi connectivity index (χ0n) is 43.8. The van der Waals surface area contributed by atoms with Gasteiger partial charge >= 0.3 is 7.82 Å². The molecule has 0 saturated carbocycles. The lowest BCUT2D eigenvalue weighted by Gasteiger charge is -2.26. The summed E-state index contributed by atoms with van der Waals surface area (Å²) in [5, 5.41) is 14.1. The van der Waals surface area contributed by atoms with Gasteiger partial charge in [-0.15, -0.1) is 0 Å². The van der Waals surface area contributed by atoms with Crippen molar-refractivity contribution in [2.45, 2.75) is 309 Å². The highest BCUT2D eigenvalue weighted by molar-refractivity contribution is 7.47. The summed E-state index contributed by atoms with van der Waals surface area (Å²) in [5.74, 6) is -0.137. The number of nitrogens with zero attached hydrogens (tertiary/aromatic N) is 1. The predicted molar refractivity (Wildman–Crippen MR) is 277 cm³/mol. The fourth-order valence-electron chi connectivity index (χ4n) is 8.87. The number of aliphatic hydroxyl groups is 1. The molecular formula is C55H114N2O6P+. The molecule has 0 heterocycles. The van der Waals surface area contributed by atoms with Crippen LogP contribution in [0.1, 0.15) is 296 Å². The summed E-state index contributed by atoms with van der Waals surface area (Å²) in [7, 11) is 1.64. The first-order valence-electron chi connectivity index (χ1n) is 28.4. The zero-order valence-corrected chi connectivity index (χ0v) is 44.7. The number of carbonyl (C=O) groups excluding carboxylic acids is 1. The molecule has 0 aliphatic heterocycles. The van der Waals surface area contributed by atoms with E-state index >= 15 is 0 Å². The van der Waals surface area contributed by atoms with E-state index in [0.29, 0.717) is 23.9 Å². The van der Waals surface area contributed by atoms with E-state index in [4.69, 9.17) is 9.05 Å². The third kappa shape index (κ3) is 49.4. The van der Waals surface area contributed by atoms with Gasteiger partial charge in [0.25, 0.3) is 0 Å². The molecule has 0 aromatic rings. The fourth-order valence-corrected chi connectivity index (χ4v) is 9.61. The Labute approximate surface area is 399 Å². The number of aliphatic hydroxyl groups excluding tert-OH is 1. The summed E-state index contributed by atoms with van der Waals surface area (Å²) in [5.41, 5.74) is 0. The van der Waals surface area contributed by atoms with Gasteiger partial charge in [0.15, 0.2) is 0 Å². The number of quaternary nitrogens is 1. The predicted octanol–water partition coefficient (Wildman–Crippen LogP) is 16.9. The molecule has 0 radical (unpaired) electrons. The minimum atomic E-state index is -4.32. The van der Waals surface area contributed by atoms with Crippen LogP contribution in [0.5, 0.6) is 0 Å². The number of amides is 1. The van der Waals surface area contributed by atoms with Crippen molar-refractivity contribution in [2.75, 3.05) is 40.9 Å². The Balaban J connectivity index is 4.12. The Kier molecular flexibility index (Phi) is 47.2. The smallest absolute Gasteiger partial charge is 0.391 e. The van der Waals surface area contributed by atoms with Crippen molar-refractivity contribution in [2.24, 2.45) is 0 Å². The molecule has 3 N–H and O–H groups in total. The molecule has 384 valence electrons. The first-order chi connectivity index (χ1) is 31.0. The minimum Gasteiger partial charge on any atom is -0.391 e. The Hall–Kier alpha value is -0.500. The van der Waals surface area contributed by atoms with E-state index < -0.39 is 20.0 Å². The van der Waals surface area contributed by atoms with Crippen LogP contribution in [-0.4, -0.2) is 73.4 Å². The van der Waals surface area contributed by atoms with Gasteiger partial charge in [-0.2, -0.15) is 0 Å². The maximum Gasteiger partial charge on any atom is 0.472 e. The Morgan fingerprint density at radius 3 is 1.05 bits per heavy atom. The minimum absolute atomic E-state index is 0.0791. The number of hydrogen-bond donors (Lipinski definition) is 3. The van der Waals surface area contributed by atoms with Gasteiger partial charge in [-0.3, -0.25) is 13.8 Å². The second kappa shape index (κ2) is 47.6. The molecule has 3 atom stereocenters. The van der Waals surface area contributed by atoms with Crippen LogP contribution in [0.4, 0.5) is 0 Å². The summed E-state index contributed by atoms with van der Waals surface area (Å²) in [6.07, 6.45) is 55.8. The van der Waals surface area contributed by atoms with Gasteiger partial charge in [-0.25, -0.2) is 4.57 Å². The molecule has 0 fully saturated rings. The molecule has 9 heteroatoms. The van der Waals surface area contributed by atoms with Crippen molar-refractivity contribution in [1.29, 1.82) is 0 Å². The molecule has 0 saturated heterocycles. The Morgan fingerprint density at radius 1 is 0.469 bits per heavy atom. The third-order valence-electron chi connectivity index (χ3n) is 13.4. The average Bonchev–Trinajstić information content (AvgIpc) is 3.25. The van der Waals surface area contributed by atoms with Gasteiger partial charge in [0.1, 0.15) is 13.2 Å². The molecule has 3 unspecified atom stereocenters. The van der Waals surface area contributed by atoms with Crippen LogP contribution in [0.3, 0.4) is 0 Å². The van der Waals surface area contributed by atoms with Crippen molar-refractivity contribution in [3.05, 3.63) is 0 Å². The molecular weight excluding hydrogens is 816 g/mol. The number of phosphoric ester groups is 1. The van der Waals surface area contributed by atoms with Crippen molar-refractivity contribution < 1.29 is 32.9 Å². The Bertz CT molecular complexity index is 1010. The Morgan fingerprint density at radius 2 is 0.750 bits per heavy atom. The first-order valence-corrected chi connectivity index (χ1v) is 29.9. The number of unbranched alkanes of at least 4 members (excludes halogenated alkanes) is 40. The van der Waals surface area contributed by atoms with E-state index in [2.05, 4.69) is 19.2 Å². The molecule has 0 aromatic heterocycles. The molecule has 0 spiro atoms. The van der Waals surface area contributed by atoms with Gasteiger partial charge in [-0.05, 0) is 12.8 Å². The first kappa shape index (κ1) is 63.5. The SMILES string of the molecule is CCCCCCCCCCCCCCCCCCCCCCCCCCCC(O)C(COP(=O)(O)OCC[N+](C)(C)C)NC(=O)CCCCCCCCCCCCCCCCCCC. The second-order valence-corrected chi connectivity index (χ2v) is 22.5. The number of rotatable bonds is 53. The van der Waals surface area contributed by atoms with Crippen molar-refractivity contribution >= 4 is 13.7 Å². The molecule has 0 bridgehead atoms. The van der Waals surface area contributed by atoms with E-state index in [-0.39, 0.29) is 19.1 Å². The largest absolute Gasteiger partial charge is 0.472 e. The second-order valence-electron chi connectivity index (χ2n) is 21.0. The maximum atomic E-state index is 13.0. The van der Waals surface area contributed by atoms with Crippen LogP contribution in [0.15, 0.2) is 0 Å². The van der Waals surface area contributed by atoms with Crippen LogP contribution in [0, 0.1) is 0 Å². The molecule has 8 nitrogen and oxygen atoms in total. The number of phosphoric acid groups is 1. The number of carbonyl (C=O) groups is 1. The molecule has 0 aliphatic carbocycles. The van der Waals surface area contributed by atoms with E-state index in [1.807, 2.05) is 21.1 Å². The topological polar surface area (TPSA) is 105 Å². The summed E-state index contributed by atoms with van der Waals surface area (Å²) in [6.45, 7) is 4.94. The fraction of sp³-hybridized carbons (Fsp3) is 0.982. The van der Waals surface area contributed by atoms with Crippen LogP contribution >= 0.6 is 7.82 Å². The lowest BCUT2D eigenvalue weighted by atomic mass is 10.0. The monoisotopic (exact) mass is 930 g/mol. The highest BCUT2D eigenvalue weighted by Crippen LogP contribution is 2.43. The molecule has 1 amide bonds. The number of nitrogens with one attached hydrogen (secondary N) is 1. The van der Waals surface area contributed by atoms with Gasteiger partial charge in [-0.1, -0.05) is 277 Å². The van der Waals surface area contributed by atoms with Crippen molar-refractivity contribution in [1.82, 2.24) is 5.32 Å². The van der Waals surface area contributed by atoms with Crippen LogP contribution in [-0.2, 0) is 18.4 Å². The maximum absolute atomic E-state index is 13.0. The van der Waals surface area contributed by atoms with Crippen molar-refractivity contribution in [3.63, 3.8) is 0 Å². The van der Waals surface area contributed by atoms with E-state index in [1.165, 1.54) is 231 Å². The molecule has 0 rings (SSSR count). The molecule has 0 aliphatic rings.